The van der Waals surface area contributed by atoms with E-state index in [9.17, 15) is 19.7 Å². The van der Waals surface area contributed by atoms with Crippen LogP contribution in [0.1, 0.15) is 35.4 Å². The Morgan fingerprint density at radius 2 is 1.88 bits per heavy atom. The third-order valence-corrected chi connectivity index (χ3v) is 4.70. The average Bonchev–Trinajstić information content (AvgIpc) is 2.80. The molecule has 0 fully saturated rings. The Labute approximate surface area is 189 Å². The van der Waals surface area contributed by atoms with Crippen molar-refractivity contribution < 1.29 is 19.2 Å². The van der Waals surface area contributed by atoms with Crippen molar-refractivity contribution in [2.45, 2.75) is 19.4 Å². The van der Waals surface area contributed by atoms with E-state index in [-0.39, 0.29) is 36.0 Å². The second-order valence-corrected chi connectivity index (χ2v) is 7.12. The standard InChI is InChI=1S/C23H23N5O5/c1-15(17-6-4-5-12-25-17)26-18-10-9-16(14-20(18)28(31)32)23(30)27-19-7-2-3-8-21(19)33-13-11-22(24)29/h2-10,12,14-15,26H,11,13H2,1H3,(H2,24,29)(H,27,30). The molecule has 4 N–H and O–H groups in total. The molecule has 0 spiro atoms. The molecule has 2 aromatic carbocycles. The number of nitrogens with one attached hydrogen (secondary N) is 2. The number of hydrogen-bond donors (Lipinski definition) is 3. The molecule has 33 heavy (non-hydrogen) atoms. The Bertz CT molecular complexity index is 1150. The van der Waals surface area contributed by atoms with Crippen molar-refractivity contribution in [2.75, 3.05) is 17.2 Å². The Balaban J connectivity index is 1.77. The van der Waals surface area contributed by atoms with Gasteiger partial charge in [0.05, 0.1) is 35.4 Å². The van der Waals surface area contributed by atoms with Gasteiger partial charge in [-0.2, -0.15) is 0 Å². The molecule has 0 aliphatic heterocycles. The first kappa shape index (κ1) is 23.2. The maximum absolute atomic E-state index is 12.8. The van der Waals surface area contributed by atoms with Gasteiger partial charge in [-0.15, -0.1) is 0 Å². The van der Waals surface area contributed by atoms with Crippen LogP contribution in [0.2, 0.25) is 0 Å². The fourth-order valence-electron chi connectivity index (χ4n) is 3.04. The second-order valence-electron chi connectivity index (χ2n) is 7.12. The van der Waals surface area contributed by atoms with Crippen LogP contribution in [-0.4, -0.2) is 28.3 Å². The molecule has 10 nitrogen and oxygen atoms in total. The first-order valence-corrected chi connectivity index (χ1v) is 10.1. The summed E-state index contributed by atoms with van der Waals surface area (Å²) in [6.45, 7) is 1.89. The number of benzene rings is 2. The van der Waals surface area contributed by atoms with Gasteiger partial charge < -0.3 is 21.1 Å². The van der Waals surface area contributed by atoms with Crippen molar-refractivity contribution in [3.8, 4) is 5.75 Å². The van der Waals surface area contributed by atoms with Gasteiger partial charge in [0.2, 0.25) is 5.91 Å². The third-order valence-electron chi connectivity index (χ3n) is 4.70. The first-order valence-electron chi connectivity index (χ1n) is 10.1. The predicted octanol–water partition coefficient (Wildman–Crippen LogP) is 3.67. The van der Waals surface area contributed by atoms with E-state index in [1.165, 1.54) is 18.2 Å². The molecule has 0 bridgehead atoms. The van der Waals surface area contributed by atoms with Gasteiger partial charge in [-0.3, -0.25) is 24.7 Å². The number of hydrogen-bond acceptors (Lipinski definition) is 7. The summed E-state index contributed by atoms with van der Waals surface area (Å²) < 4.78 is 5.51. The highest BCUT2D eigenvalue weighted by atomic mass is 16.6. The number of aromatic nitrogens is 1. The number of primary amides is 1. The molecular weight excluding hydrogens is 426 g/mol. The van der Waals surface area contributed by atoms with Gasteiger partial charge in [0.1, 0.15) is 11.4 Å². The minimum Gasteiger partial charge on any atom is -0.491 e. The molecule has 2 amide bonds. The summed E-state index contributed by atoms with van der Waals surface area (Å²) in [7, 11) is 0. The van der Waals surface area contributed by atoms with Crippen LogP contribution in [0.4, 0.5) is 17.1 Å². The van der Waals surface area contributed by atoms with Gasteiger partial charge in [-0.05, 0) is 43.3 Å². The van der Waals surface area contributed by atoms with Crippen molar-refractivity contribution in [2.24, 2.45) is 5.73 Å². The number of pyridine rings is 1. The van der Waals surface area contributed by atoms with Gasteiger partial charge in [0.25, 0.3) is 11.6 Å². The number of rotatable bonds is 10. The number of amides is 2. The van der Waals surface area contributed by atoms with Crippen LogP contribution in [0, 0.1) is 10.1 Å². The van der Waals surface area contributed by atoms with Gasteiger partial charge in [0, 0.05) is 17.8 Å². The number of nitrogens with two attached hydrogens (primary N) is 1. The van der Waals surface area contributed by atoms with E-state index in [4.69, 9.17) is 10.5 Å². The normalized spacial score (nSPS) is 11.3. The number of para-hydroxylation sites is 2. The Kier molecular flexibility index (Phi) is 7.53. The molecule has 170 valence electrons. The van der Waals surface area contributed by atoms with Crippen LogP contribution >= 0.6 is 0 Å². The van der Waals surface area contributed by atoms with Gasteiger partial charge >= 0.3 is 0 Å². The van der Waals surface area contributed by atoms with E-state index in [2.05, 4.69) is 15.6 Å². The van der Waals surface area contributed by atoms with E-state index < -0.39 is 16.7 Å². The number of nitro benzene ring substituents is 1. The smallest absolute Gasteiger partial charge is 0.293 e. The zero-order chi connectivity index (χ0) is 23.8. The van der Waals surface area contributed by atoms with Gasteiger partial charge in [-0.1, -0.05) is 18.2 Å². The fourth-order valence-corrected chi connectivity index (χ4v) is 3.04. The number of ether oxygens (including phenoxy) is 1. The number of nitrogens with zero attached hydrogens (tertiary/aromatic N) is 2. The molecule has 1 heterocycles. The van der Waals surface area contributed by atoms with Crippen LogP contribution in [-0.2, 0) is 4.79 Å². The summed E-state index contributed by atoms with van der Waals surface area (Å²) in [6.07, 6.45) is 1.67. The van der Waals surface area contributed by atoms with Crippen molar-refractivity contribution in [3.63, 3.8) is 0 Å². The summed E-state index contributed by atoms with van der Waals surface area (Å²) in [5.41, 5.74) is 6.33. The summed E-state index contributed by atoms with van der Waals surface area (Å²) in [4.78, 5) is 39.0. The molecule has 1 aromatic heterocycles. The lowest BCUT2D eigenvalue weighted by Crippen LogP contribution is -2.16. The number of carbonyl (C=O) groups is 2. The highest BCUT2D eigenvalue weighted by Gasteiger charge is 2.20. The first-order chi connectivity index (χ1) is 15.8. The van der Waals surface area contributed by atoms with E-state index in [0.717, 1.165) is 5.69 Å². The molecule has 0 radical (unpaired) electrons. The van der Waals surface area contributed by atoms with E-state index in [0.29, 0.717) is 11.4 Å². The molecule has 0 aliphatic rings. The molecular formula is C23H23N5O5. The van der Waals surface area contributed by atoms with Crippen LogP contribution in [0.25, 0.3) is 0 Å². The van der Waals surface area contributed by atoms with E-state index >= 15 is 0 Å². The largest absolute Gasteiger partial charge is 0.491 e. The highest BCUT2D eigenvalue weighted by Crippen LogP contribution is 2.30. The molecule has 0 saturated carbocycles. The molecule has 1 atom stereocenters. The molecule has 1 unspecified atom stereocenters. The highest BCUT2D eigenvalue weighted by molar-refractivity contribution is 6.05. The van der Waals surface area contributed by atoms with E-state index in [1.807, 2.05) is 19.1 Å². The molecule has 0 saturated heterocycles. The summed E-state index contributed by atoms with van der Waals surface area (Å²) in [5.74, 6) is -0.702. The molecule has 10 heteroatoms. The topological polar surface area (TPSA) is 149 Å². The Hall–Kier alpha value is -4.47. The summed E-state index contributed by atoms with van der Waals surface area (Å²) in [6, 6.07) is 16.0. The molecule has 3 rings (SSSR count). The Morgan fingerprint density at radius 1 is 1.12 bits per heavy atom. The lowest BCUT2D eigenvalue weighted by molar-refractivity contribution is -0.384. The predicted molar refractivity (Wildman–Crippen MR) is 123 cm³/mol. The SMILES string of the molecule is CC(Nc1ccc(C(=O)Nc2ccccc2OCCC(N)=O)cc1[N+](=O)[O-])c1ccccn1. The lowest BCUT2D eigenvalue weighted by atomic mass is 10.1. The van der Waals surface area contributed by atoms with Crippen LogP contribution in [0.3, 0.4) is 0 Å². The van der Waals surface area contributed by atoms with Crippen LogP contribution in [0.5, 0.6) is 5.75 Å². The van der Waals surface area contributed by atoms with Gasteiger partial charge in [0.15, 0.2) is 0 Å². The van der Waals surface area contributed by atoms with Crippen molar-refractivity contribution >= 4 is 28.9 Å². The monoisotopic (exact) mass is 449 g/mol. The van der Waals surface area contributed by atoms with Crippen molar-refractivity contribution in [1.29, 1.82) is 0 Å². The lowest BCUT2D eigenvalue weighted by Gasteiger charge is -2.15. The molecule has 0 aliphatic carbocycles. The Morgan fingerprint density at radius 3 is 2.58 bits per heavy atom. The second kappa shape index (κ2) is 10.7. The third kappa shape index (κ3) is 6.26. The zero-order valence-corrected chi connectivity index (χ0v) is 17.9. The molecule has 3 aromatic rings. The van der Waals surface area contributed by atoms with Gasteiger partial charge in [-0.25, -0.2) is 0 Å². The summed E-state index contributed by atoms with van der Waals surface area (Å²) in [5, 5.41) is 17.4. The quantitative estimate of drug-likeness (QED) is 0.316. The minimum atomic E-state index is -0.550. The maximum Gasteiger partial charge on any atom is 0.293 e. The zero-order valence-electron chi connectivity index (χ0n) is 17.9. The number of carbonyl (C=O) groups excluding carboxylic acids is 2. The number of anilines is 2. The van der Waals surface area contributed by atoms with Crippen LogP contribution < -0.4 is 21.1 Å². The fraction of sp³-hybridized carbons (Fsp3) is 0.174. The van der Waals surface area contributed by atoms with Crippen molar-refractivity contribution in [3.05, 3.63) is 88.2 Å². The van der Waals surface area contributed by atoms with E-state index in [1.54, 1.807) is 36.5 Å². The maximum atomic E-state index is 12.8. The summed E-state index contributed by atoms with van der Waals surface area (Å²) >= 11 is 0. The number of nitro groups is 1. The van der Waals surface area contributed by atoms with Crippen molar-refractivity contribution in [1.82, 2.24) is 4.98 Å². The average molecular weight is 449 g/mol. The minimum absolute atomic E-state index is 0.0276. The van der Waals surface area contributed by atoms with Crippen LogP contribution in [0.15, 0.2) is 66.9 Å².